The average molecular weight is 348 g/mol. The van der Waals surface area contributed by atoms with E-state index in [-0.39, 0.29) is 5.91 Å². The van der Waals surface area contributed by atoms with Crippen LogP contribution in [0, 0.1) is 0 Å². The SMILES string of the molecule is O=C1NC(=Nc2ccccc2)SC1=Cc1ccc(C(F)(F)F)cc1. The van der Waals surface area contributed by atoms with Gasteiger partial charge in [0.1, 0.15) is 0 Å². The Bertz CT molecular complexity index is 812. The van der Waals surface area contributed by atoms with Gasteiger partial charge in [-0.25, -0.2) is 4.99 Å². The number of amides is 1. The van der Waals surface area contributed by atoms with E-state index in [0.717, 1.165) is 23.9 Å². The first kappa shape index (κ1) is 16.3. The molecule has 2 aromatic rings. The van der Waals surface area contributed by atoms with Crippen LogP contribution in [0.15, 0.2) is 64.5 Å². The van der Waals surface area contributed by atoms with E-state index in [1.165, 1.54) is 18.2 Å². The van der Waals surface area contributed by atoms with Gasteiger partial charge in [-0.15, -0.1) is 0 Å². The number of nitrogens with zero attached hydrogens (tertiary/aromatic N) is 1. The van der Waals surface area contributed by atoms with Crippen molar-refractivity contribution in [2.75, 3.05) is 0 Å². The summed E-state index contributed by atoms with van der Waals surface area (Å²) in [4.78, 5) is 16.6. The zero-order valence-electron chi connectivity index (χ0n) is 12.2. The first-order chi connectivity index (χ1) is 11.4. The highest BCUT2D eigenvalue weighted by atomic mass is 32.2. The van der Waals surface area contributed by atoms with Gasteiger partial charge in [-0.05, 0) is 47.7 Å². The monoisotopic (exact) mass is 348 g/mol. The van der Waals surface area contributed by atoms with Crippen LogP contribution in [-0.2, 0) is 11.0 Å². The van der Waals surface area contributed by atoms with Gasteiger partial charge in [0.2, 0.25) is 0 Å². The summed E-state index contributed by atoms with van der Waals surface area (Å²) in [5.74, 6) is -0.324. The fourth-order valence-corrected chi connectivity index (χ4v) is 2.86. The Hall–Kier alpha value is -2.54. The van der Waals surface area contributed by atoms with Crippen LogP contribution in [0.1, 0.15) is 11.1 Å². The molecule has 0 atom stereocenters. The molecular weight excluding hydrogens is 337 g/mol. The topological polar surface area (TPSA) is 41.5 Å². The molecule has 24 heavy (non-hydrogen) atoms. The van der Waals surface area contributed by atoms with E-state index >= 15 is 0 Å². The smallest absolute Gasteiger partial charge is 0.300 e. The fourth-order valence-electron chi connectivity index (χ4n) is 2.02. The fraction of sp³-hybridized carbons (Fsp3) is 0.0588. The number of para-hydroxylation sites is 1. The maximum Gasteiger partial charge on any atom is 0.416 e. The number of hydrogen-bond acceptors (Lipinski definition) is 3. The third-order valence-electron chi connectivity index (χ3n) is 3.17. The van der Waals surface area contributed by atoms with Gasteiger partial charge in [-0.2, -0.15) is 13.2 Å². The minimum atomic E-state index is -4.37. The number of amidine groups is 1. The molecule has 1 saturated heterocycles. The van der Waals surface area contributed by atoms with Crippen LogP contribution >= 0.6 is 11.8 Å². The number of thioether (sulfide) groups is 1. The van der Waals surface area contributed by atoms with Crippen LogP contribution in [0.4, 0.5) is 18.9 Å². The predicted octanol–water partition coefficient (Wildman–Crippen LogP) is 4.60. The molecule has 1 amide bonds. The van der Waals surface area contributed by atoms with E-state index in [0.29, 0.717) is 21.3 Å². The van der Waals surface area contributed by atoms with E-state index in [2.05, 4.69) is 10.3 Å². The van der Waals surface area contributed by atoms with E-state index in [1.807, 2.05) is 18.2 Å². The normalized spacial score (nSPS) is 18.2. The molecule has 2 aromatic carbocycles. The molecule has 0 saturated carbocycles. The van der Waals surface area contributed by atoms with Crippen molar-refractivity contribution in [1.82, 2.24) is 5.32 Å². The highest BCUT2D eigenvalue weighted by Crippen LogP contribution is 2.31. The van der Waals surface area contributed by atoms with Crippen LogP contribution < -0.4 is 5.32 Å². The van der Waals surface area contributed by atoms with Crippen molar-refractivity contribution in [3.8, 4) is 0 Å². The lowest BCUT2D eigenvalue weighted by Crippen LogP contribution is -2.19. The largest absolute Gasteiger partial charge is 0.416 e. The van der Waals surface area contributed by atoms with Crippen molar-refractivity contribution in [3.63, 3.8) is 0 Å². The van der Waals surface area contributed by atoms with E-state index in [9.17, 15) is 18.0 Å². The Morgan fingerprint density at radius 2 is 1.67 bits per heavy atom. The predicted molar refractivity (Wildman–Crippen MR) is 88.7 cm³/mol. The number of benzene rings is 2. The minimum Gasteiger partial charge on any atom is -0.300 e. The molecule has 0 bridgehead atoms. The van der Waals surface area contributed by atoms with Crippen LogP contribution in [0.2, 0.25) is 0 Å². The quantitative estimate of drug-likeness (QED) is 0.806. The summed E-state index contributed by atoms with van der Waals surface area (Å²) < 4.78 is 37.6. The molecule has 122 valence electrons. The van der Waals surface area contributed by atoms with Crippen LogP contribution in [0.5, 0.6) is 0 Å². The highest BCUT2D eigenvalue weighted by molar-refractivity contribution is 8.18. The molecule has 1 aliphatic heterocycles. The summed E-state index contributed by atoms with van der Waals surface area (Å²) in [5, 5.41) is 3.07. The van der Waals surface area contributed by atoms with Crippen LogP contribution in [-0.4, -0.2) is 11.1 Å². The van der Waals surface area contributed by atoms with Crippen molar-refractivity contribution in [3.05, 3.63) is 70.6 Å². The molecule has 3 rings (SSSR count). The van der Waals surface area contributed by atoms with Gasteiger partial charge < -0.3 is 5.32 Å². The van der Waals surface area contributed by atoms with Gasteiger partial charge in [0.15, 0.2) is 5.17 Å². The third kappa shape index (κ3) is 3.86. The van der Waals surface area contributed by atoms with Gasteiger partial charge in [0.05, 0.1) is 16.2 Å². The zero-order chi connectivity index (χ0) is 17.2. The molecule has 0 aromatic heterocycles. The molecule has 7 heteroatoms. The number of halogens is 3. The molecule has 1 fully saturated rings. The standard InChI is InChI=1S/C17H11F3N2OS/c18-17(19,20)12-8-6-11(7-9-12)10-14-15(23)22-16(24-14)21-13-4-2-1-3-5-13/h1-10H,(H,21,22,23). The average Bonchev–Trinajstić information content (AvgIpc) is 2.87. The van der Waals surface area contributed by atoms with Gasteiger partial charge in [-0.1, -0.05) is 30.3 Å². The molecule has 1 heterocycles. The summed E-state index contributed by atoms with van der Waals surface area (Å²) in [6.07, 6.45) is -2.84. The van der Waals surface area contributed by atoms with Crippen molar-refractivity contribution in [2.45, 2.75) is 6.18 Å². The molecular formula is C17H11F3N2OS. The summed E-state index contributed by atoms with van der Waals surface area (Å²) in [7, 11) is 0. The molecule has 1 aliphatic rings. The number of aliphatic imine (C=N–C) groups is 1. The van der Waals surface area contributed by atoms with Crippen molar-refractivity contribution in [2.24, 2.45) is 4.99 Å². The van der Waals surface area contributed by atoms with Crippen molar-refractivity contribution >= 4 is 34.6 Å². The minimum absolute atomic E-state index is 0.324. The molecule has 0 unspecified atom stereocenters. The van der Waals surface area contributed by atoms with Crippen LogP contribution in [0.25, 0.3) is 6.08 Å². The summed E-state index contributed by atoms with van der Waals surface area (Å²) in [6, 6.07) is 13.8. The van der Waals surface area contributed by atoms with Gasteiger partial charge >= 0.3 is 6.18 Å². The number of hydrogen-bond donors (Lipinski definition) is 1. The number of carbonyl (C=O) groups excluding carboxylic acids is 1. The van der Waals surface area contributed by atoms with Crippen molar-refractivity contribution < 1.29 is 18.0 Å². The lowest BCUT2D eigenvalue weighted by Gasteiger charge is -2.06. The number of rotatable bonds is 2. The van der Waals surface area contributed by atoms with Crippen molar-refractivity contribution in [1.29, 1.82) is 0 Å². The maximum absolute atomic E-state index is 12.5. The third-order valence-corrected chi connectivity index (χ3v) is 4.08. The van der Waals surface area contributed by atoms with E-state index in [4.69, 9.17) is 0 Å². The Morgan fingerprint density at radius 1 is 1.00 bits per heavy atom. The summed E-state index contributed by atoms with van der Waals surface area (Å²) in [6.45, 7) is 0. The van der Waals surface area contributed by atoms with E-state index < -0.39 is 11.7 Å². The van der Waals surface area contributed by atoms with Gasteiger partial charge in [0, 0.05) is 0 Å². The van der Waals surface area contributed by atoms with Gasteiger partial charge in [-0.3, -0.25) is 4.79 Å². The first-order valence-corrected chi connectivity index (χ1v) is 7.75. The van der Waals surface area contributed by atoms with Crippen LogP contribution in [0.3, 0.4) is 0 Å². The Balaban J connectivity index is 1.79. The molecule has 1 N–H and O–H groups in total. The molecule has 0 spiro atoms. The summed E-state index contributed by atoms with van der Waals surface area (Å²) >= 11 is 1.15. The Labute approximate surface area is 140 Å². The van der Waals surface area contributed by atoms with Gasteiger partial charge in [0.25, 0.3) is 5.91 Å². The second-order valence-electron chi connectivity index (χ2n) is 4.94. The molecule has 0 radical (unpaired) electrons. The maximum atomic E-state index is 12.5. The number of nitrogens with one attached hydrogen (secondary N) is 1. The first-order valence-electron chi connectivity index (χ1n) is 6.94. The lowest BCUT2D eigenvalue weighted by atomic mass is 10.1. The lowest BCUT2D eigenvalue weighted by molar-refractivity contribution is -0.137. The second kappa shape index (κ2) is 6.52. The Kier molecular flexibility index (Phi) is 4.44. The molecule has 3 nitrogen and oxygen atoms in total. The van der Waals surface area contributed by atoms with E-state index in [1.54, 1.807) is 12.1 Å². The number of carbonyl (C=O) groups is 1. The highest BCUT2D eigenvalue weighted by Gasteiger charge is 2.30. The second-order valence-corrected chi connectivity index (χ2v) is 5.97. The summed E-state index contributed by atoms with van der Waals surface area (Å²) in [5.41, 5.74) is 0.497. The Morgan fingerprint density at radius 3 is 2.29 bits per heavy atom. The number of alkyl halides is 3. The zero-order valence-corrected chi connectivity index (χ0v) is 13.0. The molecule has 0 aliphatic carbocycles.